The van der Waals surface area contributed by atoms with Gasteiger partial charge in [-0.25, -0.2) is 0 Å². The Morgan fingerprint density at radius 3 is 2.74 bits per heavy atom. The first-order chi connectivity index (χ1) is 11.1. The molecule has 2 heterocycles. The molecular formula is C17H28N2O3S. The van der Waals surface area contributed by atoms with Gasteiger partial charge in [-0.05, 0) is 57.3 Å². The molecule has 0 aromatic rings. The minimum Gasteiger partial charge on any atom is -0.465 e. The van der Waals surface area contributed by atoms with Crippen molar-refractivity contribution in [3.63, 3.8) is 0 Å². The first-order valence-electron chi connectivity index (χ1n) is 8.55. The summed E-state index contributed by atoms with van der Waals surface area (Å²) < 4.78 is 5.01. The summed E-state index contributed by atoms with van der Waals surface area (Å²) in [5.41, 5.74) is 1.38. The SMILES string of the molecule is CCOC(=O)CN1CCC(/C=C2\CNCCC2SC(C)=O)CC1. The Bertz CT molecular complexity index is 445. The lowest BCUT2D eigenvalue weighted by molar-refractivity contribution is -0.144. The Hall–Kier alpha value is -0.850. The largest absolute Gasteiger partial charge is 0.465 e. The number of nitrogens with one attached hydrogen (secondary N) is 1. The summed E-state index contributed by atoms with van der Waals surface area (Å²) in [5.74, 6) is 0.428. The highest BCUT2D eigenvalue weighted by molar-refractivity contribution is 8.14. The molecule has 1 unspecified atom stereocenters. The average molecular weight is 340 g/mol. The van der Waals surface area contributed by atoms with E-state index >= 15 is 0 Å². The summed E-state index contributed by atoms with van der Waals surface area (Å²) in [7, 11) is 0. The van der Waals surface area contributed by atoms with Crippen LogP contribution in [0.1, 0.15) is 33.1 Å². The van der Waals surface area contributed by atoms with Gasteiger partial charge in [-0.15, -0.1) is 0 Å². The monoisotopic (exact) mass is 340 g/mol. The Morgan fingerprint density at radius 2 is 2.09 bits per heavy atom. The van der Waals surface area contributed by atoms with Crippen LogP contribution in [0.2, 0.25) is 0 Å². The smallest absolute Gasteiger partial charge is 0.320 e. The van der Waals surface area contributed by atoms with Gasteiger partial charge in [0, 0.05) is 18.7 Å². The molecular weight excluding hydrogens is 312 g/mol. The van der Waals surface area contributed by atoms with E-state index in [1.807, 2.05) is 6.92 Å². The fraction of sp³-hybridized carbons (Fsp3) is 0.765. The summed E-state index contributed by atoms with van der Waals surface area (Å²) in [6, 6.07) is 0. The molecule has 130 valence electrons. The number of ether oxygens (including phenoxy) is 1. The van der Waals surface area contributed by atoms with Gasteiger partial charge in [0.15, 0.2) is 5.12 Å². The average Bonchev–Trinajstić information content (AvgIpc) is 2.51. The Labute approximate surface area is 143 Å². The minimum absolute atomic E-state index is 0.126. The third kappa shape index (κ3) is 6.28. The van der Waals surface area contributed by atoms with E-state index in [4.69, 9.17) is 4.74 Å². The molecule has 2 aliphatic rings. The molecule has 5 nitrogen and oxygen atoms in total. The normalized spacial score (nSPS) is 25.5. The molecule has 0 saturated carbocycles. The first-order valence-corrected chi connectivity index (χ1v) is 9.43. The fourth-order valence-electron chi connectivity index (χ4n) is 3.24. The van der Waals surface area contributed by atoms with Crippen molar-refractivity contribution in [1.29, 1.82) is 0 Å². The van der Waals surface area contributed by atoms with Crippen molar-refractivity contribution in [2.45, 2.75) is 38.4 Å². The zero-order valence-corrected chi connectivity index (χ0v) is 15.0. The number of likely N-dealkylation sites (tertiary alicyclic amines) is 1. The molecule has 0 radical (unpaired) electrons. The lowest BCUT2D eigenvalue weighted by Gasteiger charge is -2.32. The molecule has 23 heavy (non-hydrogen) atoms. The number of nitrogens with zero attached hydrogens (tertiary/aromatic N) is 1. The molecule has 0 aliphatic carbocycles. The van der Waals surface area contributed by atoms with Gasteiger partial charge in [0.1, 0.15) is 0 Å². The van der Waals surface area contributed by atoms with Crippen molar-refractivity contribution >= 4 is 22.8 Å². The van der Waals surface area contributed by atoms with Crippen LogP contribution < -0.4 is 5.32 Å². The molecule has 0 aromatic carbocycles. The molecule has 0 amide bonds. The van der Waals surface area contributed by atoms with E-state index in [1.54, 1.807) is 6.92 Å². The second-order valence-electron chi connectivity index (χ2n) is 6.22. The van der Waals surface area contributed by atoms with E-state index in [-0.39, 0.29) is 11.1 Å². The van der Waals surface area contributed by atoms with E-state index in [9.17, 15) is 9.59 Å². The number of piperidine rings is 2. The van der Waals surface area contributed by atoms with Crippen molar-refractivity contribution < 1.29 is 14.3 Å². The van der Waals surface area contributed by atoms with E-state index in [2.05, 4.69) is 16.3 Å². The number of carbonyl (C=O) groups excluding carboxylic acids is 2. The van der Waals surface area contributed by atoms with Gasteiger partial charge in [0.05, 0.1) is 13.2 Å². The topological polar surface area (TPSA) is 58.6 Å². The van der Waals surface area contributed by atoms with E-state index in [1.165, 1.54) is 17.3 Å². The zero-order chi connectivity index (χ0) is 16.7. The highest BCUT2D eigenvalue weighted by atomic mass is 32.2. The van der Waals surface area contributed by atoms with Crippen LogP contribution in [-0.2, 0) is 14.3 Å². The maximum atomic E-state index is 11.5. The highest BCUT2D eigenvalue weighted by Gasteiger charge is 2.24. The molecule has 2 rings (SSSR count). The molecule has 1 atom stereocenters. The van der Waals surface area contributed by atoms with Crippen LogP contribution in [0, 0.1) is 5.92 Å². The summed E-state index contributed by atoms with van der Waals surface area (Å²) in [4.78, 5) is 25.1. The van der Waals surface area contributed by atoms with Gasteiger partial charge < -0.3 is 10.1 Å². The van der Waals surface area contributed by atoms with Crippen LogP contribution in [0.4, 0.5) is 0 Å². The number of esters is 1. The maximum absolute atomic E-state index is 11.5. The van der Waals surface area contributed by atoms with Crippen LogP contribution >= 0.6 is 11.8 Å². The van der Waals surface area contributed by atoms with E-state index in [0.717, 1.165) is 45.4 Å². The Balaban J connectivity index is 1.83. The van der Waals surface area contributed by atoms with Gasteiger partial charge in [-0.1, -0.05) is 17.8 Å². The highest BCUT2D eigenvalue weighted by Crippen LogP contribution is 2.28. The molecule has 2 fully saturated rings. The minimum atomic E-state index is -0.126. The van der Waals surface area contributed by atoms with Gasteiger partial charge >= 0.3 is 5.97 Å². The van der Waals surface area contributed by atoms with Crippen molar-refractivity contribution in [2.24, 2.45) is 5.92 Å². The fourth-order valence-corrected chi connectivity index (χ4v) is 4.19. The summed E-state index contributed by atoms with van der Waals surface area (Å²) in [5, 5.41) is 3.95. The number of rotatable bonds is 5. The lowest BCUT2D eigenvalue weighted by Crippen LogP contribution is -2.38. The predicted molar refractivity (Wildman–Crippen MR) is 93.4 cm³/mol. The molecule has 1 N–H and O–H groups in total. The molecule has 0 spiro atoms. The third-order valence-electron chi connectivity index (χ3n) is 4.37. The van der Waals surface area contributed by atoms with E-state index in [0.29, 0.717) is 24.3 Å². The van der Waals surface area contributed by atoms with Crippen LogP contribution in [0.3, 0.4) is 0 Å². The second kappa shape index (κ2) is 9.45. The van der Waals surface area contributed by atoms with Gasteiger partial charge in [0.2, 0.25) is 0 Å². The quantitative estimate of drug-likeness (QED) is 0.609. The van der Waals surface area contributed by atoms with Gasteiger partial charge in [0.25, 0.3) is 0 Å². The predicted octanol–water partition coefficient (Wildman–Crippen LogP) is 1.83. The van der Waals surface area contributed by atoms with Crippen LogP contribution in [0.15, 0.2) is 11.6 Å². The van der Waals surface area contributed by atoms with Crippen molar-refractivity contribution in [1.82, 2.24) is 10.2 Å². The van der Waals surface area contributed by atoms with E-state index < -0.39 is 0 Å². The number of thioether (sulfide) groups is 1. The molecule has 0 bridgehead atoms. The number of hydrogen-bond donors (Lipinski definition) is 1. The van der Waals surface area contributed by atoms with Crippen molar-refractivity contribution in [3.8, 4) is 0 Å². The summed E-state index contributed by atoms with van der Waals surface area (Å²) in [6.07, 6.45) is 5.55. The van der Waals surface area contributed by atoms with Crippen molar-refractivity contribution in [2.75, 3.05) is 39.3 Å². The summed E-state index contributed by atoms with van der Waals surface area (Å²) in [6.45, 7) is 8.10. The molecule has 2 aliphatic heterocycles. The van der Waals surface area contributed by atoms with Crippen molar-refractivity contribution in [3.05, 3.63) is 11.6 Å². The van der Waals surface area contributed by atoms with Crippen LogP contribution in [0.25, 0.3) is 0 Å². The number of carbonyl (C=O) groups is 2. The second-order valence-corrected chi connectivity index (χ2v) is 7.60. The Kier molecular flexibility index (Phi) is 7.59. The first kappa shape index (κ1) is 18.5. The molecule has 0 aromatic heterocycles. The molecule has 2 saturated heterocycles. The maximum Gasteiger partial charge on any atom is 0.320 e. The molecule has 6 heteroatoms. The summed E-state index contributed by atoms with van der Waals surface area (Å²) >= 11 is 1.47. The third-order valence-corrected chi connectivity index (χ3v) is 5.53. The number of allylic oxidation sites excluding steroid dienone is 1. The van der Waals surface area contributed by atoms with Crippen LogP contribution in [0.5, 0.6) is 0 Å². The Morgan fingerprint density at radius 1 is 1.35 bits per heavy atom. The standard InChI is InChI=1S/C17H28N2O3S/c1-3-22-17(21)12-19-8-5-14(6-9-19)10-15-11-18-7-4-16(15)23-13(2)20/h10,14,16,18H,3-9,11-12H2,1-2H3/b15-10+. The van der Waals surface area contributed by atoms with Gasteiger partial charge in [-0.2, -0.15) is 0 Å². The lowest BCUT2D eigenvalue weighted by atomic mass is 9.92. The zero-order valence-electron chi connectivity index (χ0n) is 14.2. The van der Waals surface area contributed by atoms with Crippen LogP contribution in [-0.4, -0.2) is 60.6 Å². The van der Waals surface area contributed by atoms with Gasteiger partial charge in [-0.3, -0.25) is 14.5 Å². The number of hydrogen-bond acceptors (Lipinski definition) is 6.